The van der Waals surface area contributed by atoms with Crippen molar-refractivity contribution in [2.75, 3.05) is 25.2 Å². The third-order valence-electron chi connectivity index (χ3n) is 2.78. The van der Waals surface area contributed by atoms with Gasteiger partial charge in [0.1, 0.15) is 5.75 Å². The number of hydrogen-bond donors (Lipinski definition) is 1. The van der Waals surface area contributed by atoms with Crippen LogP contribution in [0.1, 0.15) is 13.3 Å². The Hall–Kier alpha value is -2.28. The highest BCUT2D eigenvalue weighted by molar-refractivity contribution is 7.99. The number of benzene rings is 1. The number of amides is 2. The molecule has 2 amide bonds. The van der Waals surface area contributed by atoms with Crippen molar-refractivity contribution in [3.8, 4) is 11.6 Å². The summed E-state index contributed by atoms with van der Waals surface area (Å²) in [5.41, 5.74) is 0.706. The van der Waals surface area contributed by atoms with Gasteiger partial charge in [-0.15, -0.1) is 0 Å². The van der Waals surface area contributed by atoms with Crippen molar-refractivity contribution in [1.82, 2.24) is 14.9 Å². The number of carbonyl (C=O) groups excluding carboxylic acids is 1. The predicted octanol–water partition coefficient (Wildman–Crippen LogP) is 3.86. The maximum atomic E-state index is 11.6. The Balaban J connectivity index is 1.99. The quantitative estimate of drug-likeness (QED) is 0.642. The van der Waals surface area contributed by atoms with Crippen LogP contribution in [0.4, 0.5) is 10.5 Å². The number of rotatable bonds is 6. The molecule has 0 aliphatic rings. The van der Waals surface area contributed by atoms with E-state index in [-0.39, 0.29) is 6.03 Å². The summed E-state index contributed by atoms with van der Waals surface area (Å²) in [6.45, 7) is 2.12. The second-order valence-corrected chi connectivity index (χ2v) is 6.04. The summed E-state index contributed by atoms with van der Waals surface area (Å²) in [4.78, 5) is 21.6. The number of anilines is 1. The molecular weight excluding hydrogens is 312 g/mol. The number of aromatic nitrogens is 2. The number of nitrogens with one attached hydrogen (secondary N) is 1. The highest BCUT2D eigenvalue weighted by atomic mass is 32.2. The van der Waals surface area contributed by atoms with E-state index in [1.54, 1.807) is 62.4 Å². The second-order valence-electron chi connectivity index (χ2n) is 4.98. The minimum absolute atomic E-state index is 0.174. The molecule has 1 heterocycles. The zero-order valence-corrected chi connectivity index (χ0v) is 14.3. The van der Waals surface area contributed by atoms with Gasteiger partial charge in [0.15, 0.2) is 5.16 Å². The van der Waals surface area contributed by atoms with Crippen molar-refractivity contribution in [2.24, 2.45) is 0 Å². The van der Waals surface area contributed by atoms with E-state index < -0.39 is 0 Å². The summed E-state index contributed by atoms with van der Waals surface area (Å²) < 4.78 is 5.72. The van der Waals surface area contributed by atoms with Crippen LogP contribution in [0.2, 0.25) is 0 Å². The lowest BCUT2D eigenvalue weighted by Crippen LogP contribution is -2.27. The standard InChI is InChI=1S/C16H20N4O2S/c1-4-11-23-15-17-10-9-14(19-15)22-13-7-5-12(6-8-13)18-16(21)20(2)3/h5-10H,4,11H2,1-3H3,(H,18,21). The summed E-state index contributed by atoms with van der Waals surface area (Å²) in [5, 5.41) is 3.47. The molecule has 0 radical (unpaired) electrons. The first-order valence-electron chi connectivity index (χ1n) is 7.30. The Labute approximate surface area is 140 Å². The van der Waals surface area contributed by atoms with Crippen molar-refractivity contribution in [3.05, 3.63) is 36.5 Å². The van der Waals surface area contributed by atoms with E-state index in [2.05, 4.69) is 22.2 Å². The van der Waals surface area contributed by atoms with Gasteiger partial charge in [-0.25, -0.2) is 9.78 Å². The minimum atomic E-state index is -0.174. The summed E-state index contributed by atoms with van der Waals surface area (Å²) in [6.07, 6.45) is 2.76. The fourth-order valence-corrected chi connectivity index (χ4v) is 2.28. The minimum Gasteiger partial charge on any atom is -0.439 e. The van der Waals surface area contributed by atoms with Gasteiger partial charge < -0.3 is 15.0 Å². The van der Waals surface area contributed by atoms with Crippen LogP contribution < -0.4 is 10.1 Å². The van der Waals surface area contributed by atoms with Gasteiger partial charge in [0.05, 0.1) is 0 Å². The zero-order chi connectivity index (χ0) is 16.7. The number of ether oxygens (including phenoxy) is 1. The second kappa shape index (κ2) is 8.38. The summed E-state index contributed by atoms with van der Waals surface area (Å²) >= 11 is 1.60. The average Bonchev–Trinajstić information content (AvgIpc) is 2.55. The molecule has 0 fully saturated rings. The van der Waals surface area contributed by atoms with Gasteiger partial charge in [-0.1, -0.05) is 18.7 Å². The van der Waals surface area contributed by atoms with E-state index >= 15 is 0 Å². The molecule has 6 nitrogen and oxygen atoms in total. The van der Waals surface area contributed by atoms with Crippen molar-refractivity contribution in [2.45, 2.75) is 18.5 Å². The van der Waals surface area contributed by atoms with E-state index in [1.807, 2.05) is 0 Å². The van der Waals surface area contributed by atoms with Gasteiger partial charge in [0.25, 0.3) is 0 Å². The maximum absolute atomic E-state index is 11.6. The van der Waals surface area contributed by atoms with E-state index in [0.29, 0.717) is 22.5 Å². The van der Waals surface area contributed by atoms with E-state index in [0.717, 1.165) is 12.2 Å². The molecule has 0 spiro atoms. The first-order chi connectivity index (χ1) is 11.1. The molecule has 0 aliphatic heterocycles. The number of thioether (sulfide) groups is 1. The topological polar surface area (TPSA) is 67.3 Å². The lowest BCUT2D eigenvalue weighted by molar-refractivity contribution is 0.230. The number of carbonyl (C=O) groups is 1. The summed E-state index contributed by atoms with van der Waals surface area (Å²) in [5.74, 6) is 2.13. The Kier molecular flexibility index (Phi) is 6.22. The van der Waals surface area contributed by atoms with Crippen molar-refractivity contribution < 1.29 is 9.53 Å². The summed E-state index contributed by atoms with van der Waals surface area (Å²) in [7, 11) is 3.38. The number of hydrogen-bond acceptors (Lipinski definition) is 5. The normalized spacial score (nSPS) is 10.2. The van der Waals surface area contributed by atoms with Crippen LogP contribution >= 0.6 is 11.8 Å². The molecule has 7 heteroatoms. The van der Waals surface area contributed by atoms with Gasteiger partial charge in [-0.2, -0.15) is 4.98 Å². The largest absolute Gasteiger partial charge is 0.439 e. The molecule has 1 N–H and O–H groups in total. The van der Waals surface area contributed by atoms with E-state index in [4.69, 9.17) is 4.74 Å². The SMILES string of the molecule is CCCSc1nccc(Oc2ccc(NC(=O)N(C)C)cc2)n1. The molecular formula is C16H20N4O2S. The Morgan fingerprint density at radius 2 is 2.00 bits per heavy atom. The molecule has 0 aliphatic carbocycles. The van der Waals surface area contributed by atoms with Crippen LogP contribution in [0.25, 0.3) is 0 Å². The third kappa shape index (κ3) is 5.45. The molecule has 0 unspecified atom stereocenters. The average molecular weight is 332 g/mol. The van der Waals surface area contributed by atoms with Crippen LogP contribution in [0.3, 0.4) is 0 Å². The van der Waals surface area contributed by atoms with Gasteiger partial charge >= 0.3 is 6.03 Å². The predicted molar refractivity (Wildman–Crippen MR) is 92.3 cm³/mol. The van der Waals surface area contributed by atoms with Crippen LogP contribution in [0, 0.1) is 0 Å². The lowest BCUT2D eigenvalue weighted by Gasteiger charge is -2.12. The monoisotopic (exact) mass is 332 g/mol. The highest BCUT2D eigenvalue weighted by Gasteiger charge is 2.05. The summed E-state index contributed by atoms with van der Waals surface area (Å²) in [6, 6.07) is 8.68. The molecule has 1 aromatic heterocycles. The van der Waals surface area contributed by atoms with Crippen molar-refractivity contribution in [3.63, 3.8) is 0 Å². The molecule has 0 saturated carbocycles. The first kappa shape index (κ1) is 17.1. The zero-order valence-electron chi connectivity index (χ0n) is 13.4. The van der Waals surface area contributed by atoms with Crippen LogP contribution in [-0.4, -0.2) is 40.7 Å². The highest BCUT2D eigenvalue weighted by Crippen LogP contribution is 2.23. The maximum Gasteiger partial charge on any atom is 0.321 e. The smallest absolute Gasteiger partial charge is 0.321 e. The molecule has 2 aromatic rings. The molecule has 122 valence electrons. The Morgan fingerprint density at radius 3 is 2.65 bits per heavy atom. The molecule has 0 atom stereocenters. The fourth-order valence-electron chi connectivity index (χ4n) is 1.61. The van der Waals surface area contributed by atoms with E-state index in [9.17, 15) is 4.79 Å². The van der Waals surface area contributed by atoms with Crippen LogP contribution in [-0.2, 0) is 0 Å². The van der Waals surface area contributed by atoms with Gasteiger partial charge in [0.2, 0.25) is 5.88 Å². The van der Waals surface area contributed by atoms with Crippen molar-refractivity contribution >= 4 is 23.5 Å². The fraction of sp³-hybridized carbons (Fsp3) is 0.312. The van der Waals surface area contributed by atoms with Gasteiger partial charge in [0, 0.05) is 37.8 Å². The number of nitrogens with zero attached hydrogens (tertiary/aromatic N) is 3. The molecule has 0 saturated heterocycles. The Morgan fingerprint density at radius 1 is 1.26 bits per heavy atom. The first-order valence-corrected chi connectivity index (χ1v) is 8.29. The van der Waals surface area contributed by atoms with Crippen LogP contribution in [0.15, 0.2) is 41.7 Å². The lowest BCUT2D eigenvalue weighted by atomic mass is 10.3. The Bertz CT molecular complexity index is 647. The third-order valence-corrected chi connectivity index (χ3v) is 3.84. The molecule has 2 rings (SSSR count). The van der Waals surface area contributed by atoms with E-state index in [1.165, 1.54) is 4.90 Å². The van der Waals surface area contributed by atoms with Gasteiger partial charge in [-0.3, -0.25) is 0 Å². The van der Waals surface area contributed by atoms with Gasteiger partial charge in [-0.05, 0) is 30.7 Å². The van der Waals surface area contributed by atoms with Crippen LogP contribution in [0.5, 0.6) is 11.6 Å². The number of urea groups is 1. The molecule has 1 aromatic carbocycles. The molecule has 0 bridgehead atoms. The molecule has 23 heavy (non-hydrogen) atoms. The van der Waals surface area contributed by atoms with Crippen molar-refractivity contribution in [1.29, 1.82) is 0 Å².